The van der Waals surface area contributed by atoms with Crippen molar-refractivity contribution < 1.29 is 23.5 Å². The van der Waals surface area contributed by atoms with E-state index in [0.717, 1.165) is 18.4 Å². The summed E-state index contributed by atoms with van der Waals surface area (Å²) < 4.78 is 30.6. The van der Waals surface area contributed by atoms with Crippen molar-refractivity contribution >= 4 is 28.8 Å². The van der Waals surface area contributed by atoms with E-state index in [-0.39, 0.29) is 35.7 Å². The number of nitrogens with two attached hydrogens (primary N) is 2. The molecular formula is C23H23F2N3O3. The summed E-state index contributed by atoms with van der Waals surface area (Å²) in [5.74, 6) is -4.64. The van der Waals surface area contributed by atoms with E-state index in [4.69, 9.17) is 11.5 Å². The number of ketones is 1. The first-order valence-corrected chi connectivity index (χ1v) is 10.2. The predicted molar refractivity (Wildman–Crippen MR) is 114 cm³/mol. The second kappa shape index (κ2) is 8.02. The molecular weight excluding hydrogens is 404 g/mol. The number of aliphatic carboxylic acids is 1. The summed E-state index contributed by atoms with van der Waals surface area (Å²) in [5, 5.41) is 12.2. The lowest BCUT2D eigenvalue weighted by Crippen LogP contribution is -2.20. The van der Waals surface area contributed by atoms with Crippen molar-refractivity contribution in [3.05, 3.63) is 64.2 Å². The van der Waals surface area contributed by atoms with Crippen LogP contribution in [0.25, 0.3) is 0 Å². The SMILES string of the molecule is Nc1ccc(CCNc2c(F)c(N)c3c(c2F)C(C2CC2)CC=C(C(=O)O)C3=O)cc1. The average Bonchev–Trinajstić information content (AvgIpc) is 3.57. The minimum Gasteiger partial charge on any atom is -0.478 e. The van der Waals surface area contributed by atoms with Gasteiger partial charge in [-0.05, 0) is 55.2 Å². The highest BCUT2D eigenvalue weighted by Gasteiger charge is 2.41. The maximum atomic E-state index is 15.6. The van der Waals surface area contributed by atoms with Crippen LogP contribution in [-0.2, 0) is 11.2 Å². The molecule has 2 aliphatic rings. The van der Waals surface area contributed by atoms with E-state index in [1.807, 2.05) is 12.1 Å². The predicted octanol–water partition coefficient (Wildman–Crippen LogP) is 3.87. The molecule has 2 aliphatic carbocycles. The van der Waals surface area contributed by atoms with E-state index in [0.29, 0.717) is 12.1 Å². The number of carbonyl (C=O) groups is 2. The fourth-order valence-electron chi connectivity index (χ4n) is 4.20. The van der Waals surface area contributed by atoms with Gasteiger partial charge in [-0.15, -0.1) is 0 Å². The molecule has 0 aromatic heterocycles. The zero-order chi connectivity index (χ0) is 22.3. The molecule has 0 amide bonds. The van der Waals surface area contributed by atoms with Crippen molar-refractivity contribution in [1.82, 2.24) is 0 Å². The Bertz CT molecular complexity index is 1090. The molecule has 4 rings (SSSR count). The second-order valence-electron chi connectivity index (χ2n) is 8.06. The number of nitrogens with one attached hydrogen (secondary N) is 1. The minimum absolute atomic E-state index is 0.0221. The Labute approximate surface area is 177 Å². The van der Waals surface area contributed by atoms with Crippen LogP contribution in [0.2, 0.25) is 0 Å². The molecule has 0 bridgehead atoms. The number of Topliss-reactive ketones (excluding diaryl/α,β-unsaturated/α-hetero) is 1. The number of nitrogen functional groups attached to an aromatic ring is 2. The fraction of sp³-hybridized carbons (Fsp3) is 0.304. The molecule has 0 spiro atoms. The molecule has 1 unspecified atom stereocenters. The van der Waals surface area contributed by atoms with Gasteiger partial charge in [0.2, 0.25) is 5.78 Å². The number of hydrogen-bond acceptors (Lipinski definition) is 5. The van der Waals surface area contributed by atoms with E-state index in [9.17, 15) is 14.7 Å². The standard InChI is InChI=1S/C23H23F2N3O3/c24-18-16-14(12-3-4-12)7-8-15(23(30)31)22(29)17(16)20(27)19(25)21(18)28-10-9-11-1-5-13(26)6-2-11/h1-2,5-6,8,12,14,28H,3-4,7,9-10,26-27H2,(H,30,31). The summed E-state index contributed by atoms with van der Waals surface area (Å²) in [4.78, 5) is 24.4. The summed E-state index contributed by atoms with van der Waals surface area (Å²) in [6, 6.07) is 7.15. The molecule has 2 aromatic rings. The molecule has 1 fully saturated rings. The zero-order valence-corrected chi connectivity index (χ0v) is 16.8. The molecule has 162 valence electrons. The molecule has 0 saturated heterocycles. The molecule has 1 atom stereocenters. The lowest BCUT2D eigenvalue weighted by molar-refractivity contribution is -0.132. The highest BCUT2D eigenvalue weighted by Crippen LogP contribution is 2.50. The van der Waals surface area contributed by atoms with Crippen molar-refractivity contribution in [3.63, 3.8) is 0 Å². The van der Waals surface area contributed by atoms with Crippen molar-refractivity contribution in [2.75, 3.05) is 23.3 Å². The Kier molecular flexibility index (Phi) is 5.39. The second-order valence-corrected chi connectivity index (χ2v) is 8.06. The quantitative estimate of drug-likeness (QED) is 0.410. The number of carboxylic acids is 1. The van der Waals surface area contributed by atoms with Crippen LogP contribution in [0.4, 0.5) is 25.8 Å². The van der Waals surface area contributed by atoms with E-state index >= 15 is 8.78 Å². The molecule has 8 heteroatoms. The highest BCUT2D eigenvalue weighted by molar-refractivity contribution is 6.26. The summed E-state index contributed by atoms with van der Waals surface area (Å²) in [7, 11) is 0. The van der Waals surface area contributed by atoms with Gasteiger partial charge >= 0.3 is 5.97 Å². The van der Waals surface area contributed by atoms with Gasteiger partial charge < -0.3 is 21.9 Å². The van der Waals surface area contributed by atoms with Crippen molar-refractivity contribution in [2.24, 2.45) is 5.92 Å². The van der Waals surface area contributed by atoms with E-state index < -0.39 is 40.6 Å². The Morgan fingerprint density at radius 2 is 1.81 bits per heavy atom. The number of hydrogen-bond donors (Lipinski definition) is 4. The summed E-state index contributed by atoms with van der Waals surface area (Å²) in [6.07, 6.45) is 3.67. The molecule has 6 N–H and O–H groups in total. The van der Waals surface area contributed by atoms with Gasteiger partial charge in [0.15, 0.2) is 11.6 Å². The number of carbonyl (C=O) groups excluding carboxylic acids is 1. The van der Waals surface area contributed by atoms with Gasteiger partial charge in [-0.3, -0.25) is 4.79 Å². The smallest absolute Gasteiger partial charge is 0.339 e. The molecule has 6 nitrogen and oxygen atoms in total. The normalized spacial score (nSPS) is 18.2. The molecule has 2 aromatic carbocycles. The Balaban J connectivity index is 1.71. The number of carboxylic acid groups (broad SMARTS) is 1. The van der Waals surface area contributed by atoms with Crippen LogP contribution in [0.1, 0.15) is 46.7 Å². The van der Waals surface area contributed by atoms with Gasteiger partial charge in [-0.1, -0.05) is 18.2 Å². The van der Waals surface area contributed by atoms with Crippen LogP contribution in [0, 0.1) is 17.6 Å². The van der Waals surface area contributed by atoms with E-state index in [2.05, 4.69) is 5.32 Å². The number of anilines is 3. The Hall–Kier alpha value is -3.42. The first-order valence-electron chi connectivity index (χ1n) is 10.2. The van der Waals surface area contributed by atoms with Crippen LogP contribution in [0.5, 0.6) is 0 Å². The van der Waals surface area contributed by atoms with Gasteiger partial charge in [-0.2, -0.15) is 0 Å². The average molecular weight is 427 g/mol. The van der Waals surface area contributed by atoms with Crippen LogP contribution < -0.4 is 16.8 Å². The third-order valence-corrected chi connectivity index (χ3v) is 5.99. The first-order chi connectivity index (χ1) is 14.8. The summed E-state index contributed by atoms with van der Waals surface area (Å²) in [6.45, 7) is 0.233. The minimum atomic E-state index is -1.43. The van der Waals surface area contributed by atoms with Crippen LogP contribution in [0.15, 0.2) is 35.9 Å². The van der Waals surface area contributed by atoms with Gasteiger partial charge in [-0.25, -0.2) is 13.6 Å². The van der Waals surface area contributed by atoms with Gasteiger partial charge in [0, 0.05) is 17.8 Å². The lowest BCUT2D eigenvalue weighted by atomic mass is 9.86. The number of rotatable bonds is 6. The topological polar surface area (TPSA) is 118 Å². The van der Waals surface area contributed by atoms with E-state index in [1.54, 1.807) is 12.1 Å². The van der Waals surface area contributed by atoms with Crippen LogP contribution >= 0.6 is 0 Å². The van der Waals surface area contributed by atoms with E-state index in [1.165, 1.54) is 6.08 Å². The number of halogens is 2. The van der Waals surface area contributed by atoms with Gasteiger partial charge in [0.1, 0.15) is 11.3 Å². The number of benzene rings is 2. The molecule has 0 radical (unpaired) electrons. The van der Waals surface area contributed by atoms with Crippen molar-refractivity contribution in [1.29, 1.82) is 0 Å². The largest absolute Gasteiger partial charge is 0.478 e. The third kappa shape index (κ3) is 3.85. The molecule has 1 saturated carbocycles. The van der Waals surface area contributed by atoms with Gasteiger partial charge in [0.25, 0.3) is 0 Å². The summed E-state index contributed by atoms with van der Waals surface area (Å²) >= 11 is 0. The fourth-order valence-corrected chi connectivity index (χ4v) is 4.20. The molecule has 31 heavy (non-hydrogen) atoms. The maximum Gasteiger partial charge on any atom is 0.339 e. The van der Waals surface area contributed by atoms with Crippen LogP contribution in [-0.4, -0.2) is 23.4 Å². The first kappa shape index (κ1) is 20.8. The van der Waals surface area contributed by atoms with Crippen molar-refractivity contribution in [2.45, 2.75) is 31.6 Å². The Morgan fingerprint density at radius 1 is 1.13 bits per heavy atom. The zero-order valence-electron chi connectivity index (χ0n) is 16.8. The monoisotopic (exact) mass is 427 g/mol. The number of fused-ring (bicyclic) bond motifs is 1. The van der Waals surface area contributed by atoms with Gasteiger partial charge in [0.05, 0.1) is 11.3 Å². The molecule has 0 heterocycles. The molecule has 0 aliphatic heterocycles. The highest BCUT2D eigenvalue weighted by atomic mass is 19.1. The third-order valence-electron chi connectivity index (χ3n) is 5.99. The summed E-state index contributed by atoms with van der Waals surface area (Å²) in [5.41, 5.74) is 11.4. The Morgan fingerprint density at radius 3 is 2.42 bits per heavy atom. The lowest BCUT2D eigenvalue weighted by Gasteiger charge is -2.22. The van der Waals surface area contributed by atoms with Crippen LogP contribution in [0.3, 0.4) is 0 Å². The maximum absolute atomic E-state index is 15.6. The van der Waals surface area contributed by atoms with Crippen molar-refractivity contribution in [3.8, 4) is 0 Å². The number of allylic oxidation sites excluding steroid dienone is 1.